The van der Waals surface area contributed by atoms with E-state index >= 15 is 0 Å². The molecule has 0 aliphatic rings. The Hall–Kier alpha value is -2.35. The van der Waals surface area contributed by atoms with Crippen molar-refractivity contribution in [1.82, 2.24) is 24.2 Å². The van der Waals surface area contributed by atoms with Crippen molar-refractivity contribution in [3.63, 3.8) is 0 Å². The third kappa shape index (κ3) is 1.54. The zero-order valence-electron chi connectivity index (χ0n) is 8.31. The van der Waals surface area contributed by atoms with E-state index in [9.17, 15) is 4.79 Å². The summed E-state index contributed by atoms with van der Waals surface area (Å²) in [4.78, 5) is 11.6. The average Bonchev–Trinajstić information content (AvgIpc) is 2.96. The quantitative estimate of drug-likeness (QED) is 0.724. The maximum absolute atomic E-state index is 10.9. The van der Waals surface area contributed by atoms with Crippen LogP contribution >= 0.6 is 11.5 Å². The fourth-order valence-electron chi connectivity index (χ4n) is 1.45. The molecule has 84 valence electrons. The Bertz CT molecular complexity index is 691. The van der Waals surface area contributed by atoms with E-state index < -0.39 is 5.97 Å². The van der Waals surface area contributed by atoms with Crippen LogP contribution in [0.5, 0.6) is 0 Å². The summed E-state index contributed by atoms with van der Waals surface area (Å²) < 4.78 is 5.35. The van der Waals surface area contributed by atoms with Gasteiger partial charge in [0.15, 0.2) is 11.5 Å². The predicted octanol–water partition coefficient (Wildman–Crippen LogP) is 0.946. The molecule has 0 bridgehead atoms. The Balaban J connectivity index is 2.26. The van der Waals surface area contributed by atoms with Crippen LogP contribution in [0.2, 0.25) is 0 Å². The minimum absolute atomic E-state index is 0.177. The minimum Gasteiger partial charge on any atom is -0.478 e. The van der Waals surface area contributed by atoms with Gasteiger partial charge >= 0.3 is 5.97 Å². The lowest BCUT2D eigenvalue weighted by molar-refractivity contribution is 0.0696. The molecule has 17 heavy (non-hydrogen) atoms. The third-order valence-electron chi connectivity index (χ3n) is 2.23. The fraction of sp³-hybridized carbons (Fsp3) is 0. The van der Waals surface area contributed by atoms with Crippen LogP contribution < -0.4 is 0 Å². The first-order valence-corrected chi connectivity index (χ1v) is 5.39. The third-order valence-corrected chi connectivity index (χ3v) is 2.89. The highest BCUT2D eigenvalue weighted by Crippen LogP contribution is 2.20. The molecule has 0 radical (unpaired) electrons. The molecule has 3 aromatic rings. The predicted molar refractivity (Wildman–Crippen MR) is 58.8 cm³/mol. The molecule has 0 spiro atoms. The van der Waals surface area contributed by atoms with Crippen molar-refractivity contribution in [2.24, 2.45) is 0 Å². The molecule has 3 rings (SSSR count). The first kappa shape index (κ1) is 9.85. The van der Waals surface area contributed by atoms with Crippen LogP contribution in [0.1, 0.15) is 10.4 Å². The molecule has 0 unspecified atom stereocenters. The molecule has 1 N–H and O–H groups in total. The monoisotopic (exact) mass is 247 g/mol. The van der Waals surface area contributed by atoms with Crippen molar-refractivity contribution >= 4 is 23.1 Å². The van der Waals surface area contributed by atoms with Crippen molar-refractivity contribution in [3.8, 4) is 10.7 Å². The summed E-state index contributed by atoms with van der Waals surface area (Å²) in [6.45, 7) is 0. The van der Waals surface area contributed by atoms with Crippen molar-refractivity contribution in [1.29, 1.82) is 0 Å². The SMILES string of the molecule is O=C(O)c1ccc2nnc(-c3cnns3)n2c1. The van der Waals surface area contributed by atoms with Crippen LogP contribution in [0.4, 0.5) is 0 Å². The highest BCUT2D eigenvalue weighted by atomic mass is 32.1. The molecule has 0 saturated carbocycles. The van der Waals surface area contributed by atoms with Gasteiger partial charge in [0.2, 0.25) is 0 Å². The van der Waals surface area contributed by atoms with Gasteiger partial charge in [0.05, 0.1) is 11.8 Å². The average molecular weight is 247 g/mol. The second kappa shape index (κ2) is 3.59. The molecule has 0 aliphatic heterocycles. The van der Waals surface area contributed by atoms with Crippen LogP contribution in [0.15, 0.2) is 24.5 Å². The van der Waals surface area contributed by atoms with Gasteiger partial charge in [-0.25, -0.2) is 4.79 Å². The van der Waals surface area contributed by atoms with E-state index in [4.69, 9.17) is 5.11 Å². The topological polar surface area (TPSA) is 93.3 Å². The van der Waals surface area contributed by atoms with E-state index in [1.807, 2.05) is 0 Å². The zero-order valence-corrected chi connectivity index (χ0v) is 9.13. The van der Waals surface area contributed by atoms with Gasteiger partial charge in [-0.05, 0) is 23.7 Å². The van der Waals surface area contributed by atoms with Crippen LogP contribution in [0.25, 0.3) is 16.3 Å². The largest absolute Gasteiger partial charge is 0.478 e. The number of nitrogens with zero attached hydrogens (tertiary/aromatic N) is 5. The molecule has 0 amide bonds. The lowest BCUT2D eigenvalue weighted by Crippen LogP contribution is -1.99. The Morgan fingerprint density at radius 3 is 2.94 bits per heavy atom. The van der Waals surface area contributed by atoms with Crippen LogP contribution in [-0.4, -0.2) is 35.3 Å². The molecule has 0 aliphatic carbocycles. The van der Waals surface area contributed by atoms with Gasteiger partial charge in [0.1, 0.15) is 4.88 Å². The van der Waals surface area contributed by atoms with Gasteiger partial charge in [0, 0.05) is 6.20 Å². The van der Waals surface area contributed by atoms with Crippen molar-refractivity contribution in [3.05, 3.63) is 30.1 Å². The van der Waals surface area contributed by atoms with Gasteiger partial charge in [-0.3, -0.25) is 4.40 Å². The van der Waals surface area contributed by atoms with Gasteiger partial charge in [-0.15, -0.1) is 15.3 Å². The summed E-state index contributed by atoms with van der Waals surface area (Å²) >= 11 is 1.18. The molecule has 8 heteroatoms. The summed E-state index contributed by atoms with van der Waals surface area (Å²) in [5.41, 5.74) is 0.759. The smallest absolute Gasteiger partial charge is 0.337 e. The number of hydrogen-bond acceptors (Lipinski definition) is 6. The zero-order chi connectivity index (χ0) is 11.8. The van der Waals surface area contributed by atoms with Gasteiger partial charge in [0.25, 0.3) is 0 Å². The number of aromatic carboxylic acids is 1. The highest BCUT2D eigenvalue weighted by molar-refractivity contribution is 7.09. The summed E-state index contributed by atoms with van der Waals surface area (Å²) in [7, 11) is 0. The number of carboxylic acid groups (broad SMARTS) is 1. The Morgan fingerprint density at radius 2 is 2.24 bits per heavy atom. The molecule has 3 heterocycles. The van der Waals surface area contributed by atoms with Gasteiger partial charge in [-0.1, -0.05) is 4.49 Å². The highest BCUT2D eigenvalue weighted by Gasteiger charge is 2.12. The standard InChI is InChI=1S/C9H5N5O2S/c15-9(16)5-1-2-7-11-12-8(14(7)4-5)6-3-10-13-17-6/h1-4H,(H,15,16). The molecule has 0 fully saturated rings. The van der Waals surface area contributed by atoms with E-state index in [0.29, 0.717) is 11.5 Å². The van der Waals surface area contributed by atoms with Crippen molar-refractivity contribution < 1.29 is 9.90 Å². The summed E-state index contributed by atoms with van der Waals surface area (Å²) in [5, 5.41) is 20.6. The molecule has 7 nitrogen and oxygen atoms in total. The Kier molecular flexibility index (Phi) is 2.08. The normalized spacial score (nSPS) is 10.8. The number of carboxylic acids is 1. The van der Waals surface area contributed by atoms with Gasteiger partial charge < -0.3 is 5.11 Å². The lowest BCUT2D eigenvalue weighted by atomic mass is 10.3. The number of rotatable bonds is 2. The molecular weight excluding hydrogens is 242 g/mol. The Morgan fingerprint density at radius 1 is 1.35 bits per heavy atom. The summed E-state index contributed by atoms with van der Waals surface area (Å²) in [6, 6.07) is 3.09. The van der Waals surface area contributed by atoms with E-state index in [1.165, 1.54) is 23.8 Å². The first-order valence-electron chi connectivity index (χ1n) is 4.61. The molecule has 0 atom stereocenters. The molecule has 0 aromatic carbocycles. The van der Waals surface area contributed by atoms with Crippen molar-refractivity contribution in [2.75, 3.05) is 0 Å². The second-order valence-corrected chi connectivity index (χ2v) is 4.04. The number of aromatic nitrogens is 5. The van der Waals surface area contributed by atoms with Gasteiger partial charge in [-0.2, -0.15) is 0 Å². The maximum Gasteiger partial charge on any atom is 0.337 e. The van der Waals surface area contributed by atoms with Crippen molar-refractivity contribution in [2.45, 2.75) is 0 Å². The van der Waals surface area contributed by atoms with Crippen LogP contribution in [-0.2, 0) is 0 Å². The number of fused-ring (bicyclic) bond motifs is 1. The van der Waals surface area contributed by atoms with E-state index in [2.05, 4.69) is 19.8 Å². The Labute approximate surface area is 98.5 Å². The van der Waals surface area contributed by atoms with E-state index in [0.717, 1.165) is 4.88 Å². The number of carbonyl (C=O) groups is 1. The van der Waals surface area contributed by atoms with Crippen LogP contribution in [0.3, 0.4) is 0 Å². The summed E-state index contributed by atoms with van der Waals surface area (Å²) in [5.74, 6) is -0.452. The number of pyridine rings is 1. The first-order chi connectivity index (χ1) is 8.25. The minimum atomic E-state index is -0.992. The van der Waals surface area contributed by atoms with Crippen LogP contribution in [0, 0.1) is 0 Å². The molecule has 0 saturated heterocycles. The molecule has 3 aromatic heterocycles. The van der Waals surface area contributed by atoms with E-state index in [1.54, 1.807) is 16.7 Å². The lowest BCUT2D eigenvalue weighted by Gasteiger charge is -1.98. The maximum atomic E-state index is 10.9. The fourth-order valence-corrected chi connectivity index (χ4v) is 1.95. The number of hydrogen-bond donors (Lipinski definition) is 1. The molecular formula is C9H5N5O2S. The second-order valence-electron chi connectivity index (χ2n) is 3.26. The van der Waals surface area contributed by atoms with E-state index in [-0.39, 0.29) is 5.56 Å². The summed E-state index contributed by atoms with van der Waals surface area (Å²) in [6.07, 6.45) is 3.04.